The van der Waals surface area contributed by atoms with Gasteiger partial charge in [0.1, 0.15) is 5.75 Å². The normalized spacial score (nSPS) is 18.9. The van der Waals surface area contributed by atoms with Crippen LogP contribution >= 0.6 is 0 Å². The number of amides is 1. The largest absolute Gasteiger partial charge is 0.497 e. The fourth-order valence-corrected chi connectivity index (χ4v) is 3.59. The van der Waals surface area contributed by atoms with Crippen LogP contribution in [-0.4, -0.2) is 24.5 Å². The molecule has 2 aliphatic rings. The van der Waals surface area contributed by atoms with Crippen molar-refractivity contribution in [1.82, 2.24) is 4.90 Å². The van der Waals surface area contributed by atoms with Gasteiger partial charge in [0.15, 0.2) is 0 Å². The van der Waals surface area contributed by atoms with Crippen molar-refractivity contribution >= 4 is 5.91 Å². The lowest BCUT2D eigenvalue weighted by atomic mass is 9.98. The molecule has 0 saturated heterocycles. The lowest BCUT2D eigenvalue weighted by Gasteiger charge is -2.30. The van der Waals surface area contributed by atoms with E-state index in [2.05, 4.69) is 24.3 Å². The van der Waals surface area contributed by atoms with Gasteiger partial charge in [0, 0.05) is 13.1 Å². The third-order valence-electron chi connectivity index (χ3n) is 4.98. The molecular formula is C20H21NO3. The fourth-order valence-electron chi connectivity index (χ4n) is 3.59. The van der Waals surface area contributed by atoms with E-state index in [-0.39, 0.29) is 12.0 Å². The number of hydrogen-bond acceptors (Lipinski definition) is 3. The van der Waals surface area contributed by atoms with Crippen molar-refractivity contribution in [3.8, 4) is 5.75 Å². The topological polar surface area (TPSA) is 38.8 Å². The van der Waals surface area contributed by atoms with Gasteiger partial charge in [0.2, 0.25) is 5.91 Å². The van der Waals surface area contributed by atoms with Gasteiger partial charge in [-0.1, -0.05) is 30.3 Å². The molecule has 0 N–H and O–H groups in total. The molecule has 4 rings (SSSR count). The SMILES string of the molecule is COc1ccc2c(c1)CCN(C(=O)CC1OCc3ccccc31)C2. The molecule has 4 nitrogen and oxygen atoms in total. The van der Waals surface area contributed by atoms with Gasteiger partial charge in [-0.25, -0.2) is 0 Å². The highest BCUT2D eigenvalue weighted by molar-refractivity contribution is 5.77. The fraction of sp³-hybridized carbons (Fsp3) is 0.350. The maximum atomic E-state index is 12.7. The maximum absolute atomic E-state index is 12.7. The predicted octanol–water partition coefficient (Wildman–Crippen LogP) is 3.24. The summed E-state index contributed by atoms with van der Waals surface area (Å²) in [5.41, 5.74) is 4.85. The number of benzene rings is 2. The summed E-state index contributed by atoms with van der Waals surface area (Å²) in [5.74, 6) is 1.04. The highest BCUT2D eigenvalue weighted by Crippen LogP contribution is 2.34. The van der Waals surface area contributed by atoms with Crippen LogP contribution in [0.15, 0.2) is 42.5 Å². The average Bonchev–Trinajstić information content (AvgIpc) is 3.04. The van der Waals surface area contributed by atoms with Crippen molar-refractivity contribution in [3.05, 3.63) is 64.7 Å². The van der Waals surface area contributed by atoms with Crippen molar-refractivity contribution < 1.29 is 14.3 Å². The van der Waals surface area contributed by atoms with Gasteiger partial charge >= 0.3 is 0 Å². The molecule has 0 bridgehead atoms. The van der Waals surface area contributed by atoms with E-state index in [1.807, 2.05) is 23.1 Å². The van der Waals surface area contributed by atoms with Gasteiger partial charge in [0.25, 0.3) is 0 Å². The number of carbonyl (C=O) groups excluding carboxylic acids is 1. The van der Waals surface area contributed by atoms with Crippen LogP contribution in [0.3, 0.4) is 0 Å². The van der Waals surface area contributed by atoms with Crippen molar-refractivity contribution in [2.75, 3.05) is 13.7 Å². The van der Waals surface area contributed by atoms with E-state index < -0.39 is 0 Å². The summed E-state index contributed by atoms with van der Waals surface area (Å²) in [4.78, 5) is 14.7. The Balaban J connectivity index is 1.45. The molecule has 2 heterocycles. The molecule has 2 aromatic rings. The monoisotopic (exact) mass is 323 g/mol. The predicted molar refractivity (Wildman–Crippen MR) is 90.7 cm³/mol. The molecule has 0 aliphatic carbocycles. The quantitative estimate of drug-likeness (QED) is 0.870. The first kappa shape index (κ1) is 15.2. The van der Waals surface area contributed by atoms with Crippen LogP contribution in [0.5, 0.6) is 5.75 Å². The first-order chi connectivity index (χ1) is 11.7. The van der Waals surface area contributed by atoms with Crippen LogP contribution in [0.2, 0.25) is 0 Å². The Bertz CT molecular complexity index is 771. The standard InChI is InChI=1S/C20H21NO3/c1-23-17-7-6-15-12-21(9-8-14(15)10-17)20(22)11-19-18-5-3-2-4-16(18)13-24-19/h2-7,10,19H,8-9,11-13H2,1H3. The van der Waals surface area contributed by atoms with Gasteiger partial charge in [-0.2, -0.15) is 0 Å². The Kier molecular flexibility index (Phi) is 3.98. The minimum atomic E-state index is -0.106. The molecular weight excluding hydrogens is 302 g/mol. The van der Waals surface area contributed by atoms with Crippen LogP contribution in [0.1, 0.15) is 34.8 Å². The van der Waals surface area contributed by atoms with Crippen molar-refractivity contribution in [1.29, 1.82) is 0 Å². The molecule has 0 aromatic heterocycles. The summed E-state index contributed by atoms with van der Waals surface area (Å²) in [6, 6.07) is 14.3. The number of ether oxygens (including phenoxy) is 2. The molecule has 0 spiro atoms. The molecule has 1 unspecified atom stereocenters. The number of nitrogens with zero attached hydrogens (tertiary/aromatic N) is 1. The molecule has 0 saturated carbocycles. The molecule has 0 fully saturated rings. The van der Waals surface area contributed by atoms with Crippen LogP contribution in [0.4, 0.5) is 0 Å². The third kappa shape index (κ3) is 2.78. The molecule has 0 radical (unpaired) electrons. The minimum Gasteiger partial charge on any atom is -0.497 e. The minimum absolute atomic E-state index is 0.106. The van der Waals surface area contributed by atoms with Crippen molar-refractivity contribution in [2.24, 2.45) is 0 Å². The van der Waals surface area contributed by atoms with E-state index >= 15 is 0 Å². The van der Waals surface area contributed by atoms with E-state index in [9.17, 15) is 4.79 Å². The van der Waals surface area contributed by atoms with Crippen LogP contribution in [-0.2, 0) is 29.1 Å². The van der Waals surface area contributed by atoms with E-state index in [0.29, 0.717) is 19.6 Å². The van der Waals surface area contributed by atoms with Gasteiger partial charge in [-0.3, -0.25) is 4.79 Å². The molecule has 2 aliphatic heterocycles. The smallest absolute Gasteiger partial charge is 0.225 e. The molecule has 1 atom stereocenters. The van der Waals surface area contributed by atoms with Crippen molar-refractivity contribution in [2.45, 2.75) is 32.1 Å². The first-order valence-electron chi connectivity index (χ1n) is 8.37. The molecule has 4 heteroatoms. The molecule has 2 aromatic carbocycles. The third-order valence-corrected chi connectivity index (χ3v) is 4.98. The number of rotatable bonds is 3. The summed E-state index contributed by atoms with van der Waals surface area (Å²) < 4.78 is 11.1. The first-order valence-corrected chi connectivity index (χ1v) is 8.37. The van der Waals surface area contributed by atoms with Crippen LogP contribution in [0.25, 0.3) is 0 Å². The lowest BCUT2D eigenvalue weighted by molar-refractivity contribution is -0.135. The van der Waals surface area contributed by atoms with E-state index in [4.69, 9.17) is 9.47 Å². The zero-order chi connectivity index (χ0) is 16.5. The summed E-state index contributed by atoms with van der Waals surface area (Å²) in [6.45, 7) is 2.04. The maximum Gasteiger partial charge on any atom is 0.225 e. The number of carbonyl (C=O) groups is 1. The highest BCUT2D eigenvalue weighted by Gasteiger charge is 2.28. The Morgan fingerprint density at radius 2 is 2.08 bits per heavy atom. The second-order valence-corrected chi connectivity index (χ2v) is 6.40. The van der Waals surface area contributed by atoms with Gasteiger partial charge < -0.3 is 14.4 Å². The van der Waals surface area contributed by atoms with Crippen LogP contribution in [0, 0.1) is 0 Å². The molecule has 124 valence electrons. The van der Waals surface area contributed by atoms with Gasteiger partial charge in [-0.15, -0.1) is 0 Å². The Morgan fingerprint density at radius 1 is 1.21 bits per heavy atom. The van der Waals surface area contributed by atoms with Gasteiger partial charge in [-0.05, 0) is 40.8 Å². The molecule has 24 heavy (non-hydrogen) atoms. The van der Waals surface area contributed by atoms with Crippen molar-refractivity contribution in [3.63, 3.8) is 0 Å². The summed E-state index contributed by atoms with van der Waals surface area (Å²) in [6.07, 6.45) is 1.19. The van der Waals surface area contributed by atoms with Crippen LogP contribution < -0.4 is 4.74 Å². The second-order valence-electron chi connectivity index (χ2n) is 6.40. The summed E-state index contributed by atoms with van der Waals surface area (Å²) in [5, 5.41) is 0. The molecule has 1 amide bonds. The zero-order valence-electron chi connectivity index (χ0n) is 13.8. The summed E-state index contributed by atoms with van der Waals surface area (Å²) >= 11 is 0. The highest BCUT2D eigenvalue weighted by atomic mass is 16.5. The zero-order valence-corrected chi connectivity index (χ0v) is 13.8. The second kappa shape index (κ2) is 6.29. The number of fused-ring (bicyclic) bond motifs is 2. The number of hydrogen-bond donors (Lipinski definition) is 0. The van der Waals surface area contributed by atoms with E-state index in [1.54, 1.807) is 7.11 Å². The Hall–Kier alpha value is -2.33. The van der Waals surface area contributed by atoms with E-state index in [1.165, 1.54) is 16.7 Å². The Labute approximate surface area is 142 Å². The summed E-state index contributed by atoms with van der Waals surface area (Å²) in [7, 11) is 1.68. The van der Waals surface area contributed by atoms with Gasteiger partial charge in [0.05, 0.1) is 26.2 Å². The Morgan fingerprint density at radius 3 is 2.96 bits per heavy atom. The lowest BCUT2D eigenvalue weighted by Crippen LogP contribution is -2.36. The average molecular weight is 323 g/mol. The van der Waals surface area contributed by atoms with E-state index in [0.717, 1.165) is 24.3 Å². The number of methoxy groups -OCH3 is 1.